The van der Waals surface area contributed by atoms with Crippen molar-refractivity contribution < 1.29 is 28.0 Å². The Labute approximate surface area is 168 Å². The summed E-state index contributed by atoms with van der Waals surface area (Å²) in [5.74, 6) is -0.409. The number of halogens is 2. The van der Waals surface area contributed by atoms with E-state index in [1.165, 1.54) is 24.3 Å². The zero-order chi connectivity index (χ0) is 21.2. The quantitative estimate of drug-likeness (QED) is 0.568. The Kier molecular flexibility index (Phi) is 8.54. The minimum atomic E-state index is -2.90. The van der Waals surface area contributed by atoms with Gasteiger partial charge in [-0.2, -0.15) is 8.78 Å². The van der Waals surface area contributed by atoms with Crippen molar-refractivity contribution in [2.45, 2.75) is 26.9 Å². The Morgan fingerprint density at radius 2 is 1.62 bits per heavy atom. The van der Waals surface area contributed by atoms with Gasteiger partial charge in [0.05, 0.1) is 6.54 Å². The summed E-state index contributed by atoms with van der Waals surface area (Å²) in [7, 11) is 0. The molecule has 6 nitrogen and oxygen atoms in total. The van der Waals surface area contributed by atoms with Crippen LogP contribution in [0, 0.1) is 6.92 Å². The standard InChI is InChI=1S/C21H25F2N3O3/c1-3-12-26(14-20(28)25-18-7-5-4-6-15(18)2)13-19(27)24-16-8-10-17(11-9-16)29-21(22)23/h4-11,21H,3,12-14H2,1-2H3,(H,24,27)(H,25,28)/p+1. The summed E-state index contributed by atoms with van der Waals surface area (Å²) < 4.78 is 28.6. The Bertz CT molecular complexity index is 813. The van der Waals surface area contributed by atoms with Crippen molar-refractivity contribution >= 4 is 23.2 Å². The fourth-order valence-electron chi connectivity index (χ4n) is 2.88. The molecule has 0 aromatic heterocycles. The summed E-state index contributed by atoms with van der Waals surface area (Å²) >= 11 is 0. The number of hydrogen-bond donors (Lipinski definition) is 3. The van der Waals surface area contributed by atoms with E-state index in [1.807, 2.05) is 38.1 Å². The normalized spacial score (nSPS) is 11.8. The number of amides is 2. The smallest absolute Gasteiger partial charge is 0.387 e. The van der Waals surface area contributed by atoms with E-state index in [-0.39, 0.29) is 30.7 Å². The van der Waals surface area contributed by atoms with Crippen molar-refractivity contribution in [1.82, 2.24) is 0 Å². The molecule has 0 fully saturated rings. The Morgan fingerprint density at radius 3 is 2.21 bits per heavy atom. The molecule has 0 bridgehead atoms. The highest BCUT2D eigenvalue weighted by atomic mass is 19.3. The summed E-state index contributed by atoms with van der Waals surface area (Å²) in [6, 6.07) is 13.2. The summed E-state index contributed by atoms with van der Waals surface area (Å²) in [5.41, 5.74) is 2.19. The van der Waals surface area contributed by atoms with Gasteiger partial charge in [-0.15, -0.1) is 0 Å². The molecule has 2 rings (SSSR count). The molecule has 0 saturated heterocycles. The highest BCUT2D eigenvalue weighted by Gasteiger charge is 2.18. The molecule has 2 aromatic rings. The molecule has 3 N–H and O–H groups in total. The number of alkyl halides is 2. The number of carbonyl (C=O) groups excluding carboxylic acids is 2. The minimum Gasteiger partial charge on any atom is -0.435 e. The summed E-state index contributed by atoms with van der Waals surface area (Å²) in [6.45, 7) is 1.94. The lowest BCUT2D eigenvalue weighted by Gasteiger charge is -2.18. The molecule has 29 heavy (non-hydrogen) atoms. The number of nitrogens with one attached hydrogen (secondary N) is 3. The van der Waals surface area contributed by atoms with E-state index in [9.17, 15) is 18.4 Å². The third-order valence-corrected chi connectivity index (χ3v) is 4.21. The monoisotopic (exact) mass is 406 g/mol. The lowest BCUT2D eigenvalue weighted by molar-refractivity contribution is -0.883. The number of rotatable bonds is 10. The van der Waals surface area contributed by atoms with Gasteiger partial charge in [0.2, 0.25) is 0 Å². The lowest BCUT2D eigenvalue weighted by Crippen LogP contribution is -3.14. The van der Waals surface area contributed by atoms with Gasteiger partial charge in [0.1, 0.15) is 5.75 Å². The second-order valence-corrected chi connectivity index (χ2v) is 6.67. The van der Waals surface area contributed by atoms with Crippen molar-refractivity contribution in [3.63, 3.8) is 0 Å². The van der Waals surface area contributed by atoms with Gasteiger partial charge in [-0.05, 0) is 49.2 Å². The number of benzene rings is 2. The third kappa shape index (κ3) is 7.87. The molecule has 2 aromatic carbocycles. The molecule has 0 saturated carbocycles. The molecule has 0 aliphatic rings. The van der Waals surface area contributed by atoms with Gasteiger partial charge in [-0.25, -0.2) is 0 Å². The Morgan fingerprint density at radius 1 is 1.00 bits per heavy atom. The maximum absolute atomic E-state index is 12.4. The Balaban J connectivity index is 1.89. The van der Waals surface area contributed by atoms with Crippen LogP contribution in [-0.4, -0.2) is 38.1 Å². The molecule has 156 valence electrons. The van der Waals surface area contributed by atoms with Crippen LogP contribution in [0.25, 0.3) is 0 Å². The maximum atomic E-state index is 12.4. The molecule has 0 heterocycles. The molecular weight excluding hydrogens is 380 g/mol. The fraction of sp³-hybridized carbons (Fsp3) is 0.333. The SMILES string of the molecule is CCC[NH+](CC(=O)Nc1ccc(OC(F)F)cc1)CC(=O)Nc1ccccc1C. The van der Waals surface area contributed by atoms with E-state index in [4.69, 9.17) is 0 Å². The van der Waals surface area contributed by atoms with Crippen molar-refractivity contribution in [2.24, 2.45) is 0 Å². The van der Waals surface area contributed by atoms with Crippen LogP contribution in [0.15, 0.2) is 48.5 Å². The third-order valence-electron chi connectivity index (χ3n) is 4.21. The van der Waals surface area contributed by atoms with E-state index in [1.54, 1.807) is 0 Å². The highest BCUT2D eigenvalue weighted by Crippen LogP contribution is 2.17. The maximum Gasteiger partial charge on any atom is 0.387 e. The van der Waals surface area contributed by atoms with Crippen LogP contribution in [0.3, 0.4) is 0 Å². The van der Waals surface area contributed by atoms with Crippen LogP contribution in [0.1, 0.15) is 18.9 Å². The molecule has 1 unspecified atom stereocenters. The van der Waals surface area contributed by atoms with Gasteiger partial charge in [0.15, 0.2) is 13.1 Å². The first-order valence-electron chi connectivity index (χ1n) is 9.41. The second-order valence-electron chi connectivity index (χ2n) is 6.67. The van der Waals surface area contributed by atoms with E-state index < -0.39 is 6.61 Å². The predicted molar refractivity (Wildman–Crippen MR) is 107 cm³/mol. The van der Waals surface area contributed by atoms with Gasteiger partial charge in [0, 0.05) is 11.4 Å². The van der Waals surface area contributed by atoms with Crippen LogP contribution in [0.5, 0.6) is 5.75 Å². The average molecular weight is 406 g/mol. The topological polar surface area (TPSA) is 71.9 Å². The number of hydrogen-bond acceptors (Lipinski definition) is 3. The first-order valence-corrected chi connectivity index (χ1v) is 9.41. The van der Waals surface area contributed by atoms with Crippen LogP contribution in [0.2, 0.25) is 0 Å². The van der Waals surface area contributed by atoms with Gasteiger partial charge in [-0.1, -0.05) is 25.1 Å². The fourth-order valence-corrected chi connectivity index (χ4v) is 2.88. The molecule has 2 amide bonds. The average Bonchev–Trinajstić information content (AvgIpc) is 2.65. The van der Waals surface area contributed by atoms with E-state index >= 15 is 0 Å². The number of ether oxygens (including phenoxy) is 1. The molecule has 0 spiro atoms. The largest absolute Gasteiger partial charge is 0.435 e. The van der Waals surface area contributed by atoms with E-state index in [2.05, 4.69) is 15.4 Å². The van der Waals surface area contributed by atoms with Gasteiger partial charge in [-0.3, -0.25) is 9.59 Å². The highest BCUT2D eigenvalue weighted by molar-refractivity contribution is 5.93. The van der Waals surface area contributed by atoms with Crippen molar-refractivity contribution in [2.75, 3.05) is 30.3 Å². The molecule has 0 aliphatic heterocycles. The van der Waals surface area contributed by atoms with Crippen LogP contribution < -0.4 is 20.3 Å². The van der Waals surface area contributed by atoms with Crippen molar-refractivity contribution in [3.05, 3.63) is 54.1 Å². The van der Waals surface area contributed by atoms with E-state index in [0.717, 1.165) is 22.6 Å². The number of quaternary nitrogens is 1. The van der Waals surface area contributed by atoms with Gasteiger partial charge < -0.3 is 20.3 Å². The van der Waals surface area contributed by atoms with E-state index in [0.29, 0.717) is 12.2 Å². The molecular formula is C21H26F2N3O3+. The number of carbonyl (C=O) groups is 2. The van der Waals surface area contributed by atoms with Crippen molar-refractivity contribution in [3.8, 4) is 5.75 Å². The van der Waals surface area contributed by atoms with Crippen molar-refractivity contribution in [1.29, 1.82) is 0 Å². The first-order chi connectivity index (χ1) is 13.9. The van der Waals surface area contributed by atoms with Crippen LogP contribution >= 0.6 is 0 Å². The Hall–Kier alpha value is -3.00. The van der Waals surface area contributed by atoms with Gasteiger partial charge in [0.25, 0.3) is 11.8 Å². The van der Waals surface area contributed by atoms with Crippen LogP contribution in [-0.2, 0) is 9.59 Å². The molecule has 8 heteroatoms. The summed E-state index contributed by atoms with van der Waals surface area (Å²) in [6.07, 6.45) is 0.819. The first kappa shape index (κ1) is 22.3. The molecule has 0 aliphatic carbocycles. The summed E-state index contributed by atoms with van der Waals surface area (Å²) in [4.78, 5) is 25.5. The molecule has 1 atom stereocenters. The minimum absolute atomic E-state index is 0.0177. The molecule has 0 radical (unpaired) electrons. The zero-order valence-corrected chi connectivity index (χ0v) is 16.5. The predicted octanol–water partition coefficient (Wildman–Crippen LogP) is 2.47. The van der Waals surface area contributed by atoms with Crippen LogP contribution in [0.4, 0.5) is 20.2 Å². The zero-order valence-electron chi connectivity index (χ0n) is 16.5. The van der Waals surface area contributed by atoms with Gasteiger partial charge >= 0.3 is 6.61 Å². The number of para-hydroxylation sites is 1. The lowest BCUT2D eigenvalue weighted by atomic mass is 10.2. The second kappa shape index (κ2) is 11.1. The summed E-state index contributed by atoms with van der Waals surface area (Å²) in [5, 5.41) is 5.59. The number of aryl methyl sites for hydroxylation is 1. The number of anilines is 2.